The summed E-state index contributed by atoms with van der Waals surface area (Å²) in [5.41, 5.74) is 1.98. The van der Waals surface area contributed by atoms with Crippen LogP contribution in [-0.4, -0.2) is 15.3 Å². The van der Waals surface area contributed by atoms with Crippen molar-refractivity contribution in [2.45, 2.75) is 27.2 Å². The van der Waals surface area contributed by atoms with Gasteiger partial charge in [-0.3, -0.25) is 5.10 Å². The first kappa shape index (κ1) is 10.6. The van der Waals surface area contributed by atoms with E-state index in [1.54, 1.807) is 18.2 Å². The minimum Gasteiger partial charge on any atom is -0.508 e. The van der Waals surface area contributed by atoms with E-state index in [1.807, 2.05) is 13.8 Å². The summed E-state index contributed by atoms with van der Waals surface area (Å²) in [6, 6.07) is 5.18. The number of nitrogens with one attached hydrogen (secondary N) is 1. The van der Waals surface area contributed by atoms with Gasteiger partial charge in [0.05, 0.1) is 5.52 Å². The Morgan fingerprint density at radius 2 is 2.07 bits per heavy atom. The van der Waals surface area contributed by atoms with Crippen molar-refractivity contribution in [2.75, 3.05) is 0 Å². The molecule has 1 aromatic carbocycles. The smallest absolute Gasteiger partial charge is 0.116 e. The lowest BCUT2D eigenvalue weighted by atomic mass is 10.2. The zero-order valence-corrected chi connectivity index (χ0v) is 8.83. The van der Waals surface area contributed by atoms with Gasteiger partial charge < -0.3 is 5.11 Å². The Morgan fingerprint density at radius 3 is 2.71 bits per heavy atom. The second-order valence-corrected chi connectivity index (χ2v) is 2.76. The highest BCUT2D eigenvalue weighted by Gasteiger charge is 2.02. The maximum Gasteiger partial charge on any atom is 0.116 e. The van der Waals surface area contributed by atoms with Gasteiger partial charge in [0.2, 0.25) is 0 Å². The van der Waals surface area contributed by atoms with Crippen LogP contribution in [0.4, 0.5) is 0 Å². The summed E-state index contributed by atoms with van der Waals surface area (Å²) in [5.74, 6) is 0.290. The average Bonchev–Trinajstić information content (AvgIpc) is 2.63. The van der Waals surface area contributed by atoms with Crippen LogP contribution in [0.25, 0.3) is 10.9 Å². The van der Waals surface area contributed by atoms with Crippen LogP contribution in [0.5, 0.6) is 5.75 Å². The van der Waals surface area contributed by atoms with Crippen LogP contribution in [-0.2, 0) is 6.42 Å². The molecule has 1 aromatic heterocycles. The number of hydrogen-bond donors (Lipinski definition) is 2. The molecule has 1 heterocycles. The number of aryl methyl sites for hydroxylation is 1. The van der Waals surface area contributed by atoms with E-state index in [2.05, 4.69) is 17.1 Å². The lowest BCUT2D eigenvalue weighted by molar-refractivity contribution is 0.476. The molecule has 0 amide bonds. The minimum atomic E-state index is 0.290. The Labute approximate surface area is 83.8 Å². The first-order valence-electron chi connectivity index (χ1n) is 4.97. The fraction of sp³-hybridized carbons (Fsp3) is 0.364. The predicted octanol–water partition coefficient (Wildman–Crippen LogP) is 2.86. The van der Waals surface area contributed by atoms with Gasteiger partial charge in [0.25, 0.3) is 0 Å². The zero-order valence-electron chi connectivity index (χ0n) is 8.83. The fourth-order valence-electron chi connectivity index (χ4n) is 1.32. The predicted molar refractivity (Wildman–Crippen MR) is 58.5 cm³/mol. The van der Waals surface area contributed by atoms with E-state index >= 15 is 0 Å². The van der Waals surface area contributed by atoms with Crippen molar-refractivity contribution >= 4 is 10.9 Å². The quantitative estimate of drug-likeness (QED) is 0.729. The Hall–Kier alpha value is -1.51. The van der Waals surface area contributed by atoms with Crippen LogP contribution in [0.2, 0.25) is 0 Å². The highest BCUT2D eigenvalue weighted by molar-refractivity contribution is 5.82. The standard InChI is InChI=1S/C9H10N2O.C2H6/c1-2-8-7-5-6(12)3-4-9(7)11-10-8;1-2/h3-5,12H,2H2,1H3,(H,10,11);1-2H3. The molecule has 0 aliphatic heterocycles. The lowest BCUT2D eigenvalue weighted by Gasteiger charge is -1.92. The Bertz CT molecular complexity index is 407. The number of phenols is 1. The number of nitrogens with zero attached hydrogens (tertiary/aromatic N) is 1. The average molecular weight is 192 g/mol. The molecule has 2 N–H and O–H groups in total. The van der Waals surface area contributed by atoms with E-state index in [1.165, 1.54) is 0 Å². The van der Waals surface area contributed by atoms with Crippen molar-refractivity contribution < 1.29 is 5.11 Å². The molecule has 0 atom stereocenters. The van der Waals surface area contributed by atoms with Gasteiger partial charge in [0, 0.05) is 11.1 Å². The number of aromatic amines is 1. The first-order chi connectivity index (χ1) is 6.81. The van der Waals surface area contributed by atoms with Crippen molar-refractivity contribution in [1.82, 2.24) is 10.2 Å². The number of aromatic hydroxyl groups is 1. The van der Waals surface area contributed by atoms with Crippen molar-refractivity contribution in [2.24, 2.45) is 0 Å². The summed E-state index contributed by atoms with van der Waals surface area (Å²) in [6.45, 7) is 6.05. The highest BCUT2D eigenvalue weighted by Crippen LogP contribution is 2.20. The van der Waals surface area contributed by atoms with Gasteiger partial charge in [-0.05, 0) is 24.6 Å². The van der Waals surface area contributed by atoms with Crippen LogP contribution < -0.4 is 0 Å². The summed E-state index contributed by atoms with van der Waals surface area (Å²) < 4.78 is 0. The Kier molecular flexibility index (Phi) is 3.51. The van der Waals surface area contributed by atoms with Crippen molar-refractivity contribution in [1.29, 1.82) is 0 Å². The van der Waals surface area contributed by atoms with Crippen LogP contribution in [0.3, 0.4) is 0 Å². The molecule has 2 aromatic rings. The monoisotopic (exact) mass is 192 g/mol. The van der Waals surface area contributed by atoms with Gasteiger partial charge in [0.15, 0.2) is 0 Å². The van der Waals surface area contributed by atoms with E-state index in [0.717, 1.165) is 23.0 Å². The molecule has 76 valence electrons. The molecule has 0 fully saturated rings. The van der Waals surface area contributed by atoms with Gasteiger partial charge in [0.1, 0.15) is 5.75 Å². The fourth-order valence-corrected chi connectivity index (χ4v) is 1.32. The summed E-state index contributed by atoms with van der Waals surface area (Å²) in [7, 11) is 0. The van der Waals surface area contributed by atoms with Gasteiger partial charge >= 0.3 is 0 Å². The molecule has 3 heteroatoms. The number of rotatable bonds is 1. The third-order valence-electron chi connectivity index (χ3n) is 1.97. The number of phenolic OH excluding ortho intramolecular Hbond substituents is 1. The number of H-pyrrole nitrogens is 1. The molecule has 0 aliphatic carbocycles. The van der Waals surface area contributed by atoms with Crippen molar-refractivity contribution in [3.8, 4) is 5.75 Å². The molecular formula is C11H16N2O. The van der Waals surface area contributed by atoms with Gasteiger partial charge in [-0.2, -0.15) is 5.10 Å². The van der Waals surface area contributed by atoms with Crippen LogP contribution in [0.15, 0.2) is 18.2 Å². The minimum absolute atomic E-state index is 0.290. The summed E-state index contributed by atoms with van der Waals surface area (Å²) >= 11 is 0. The first-order valence-corrected chi connectivity index (χ1v) is 4.97. The number of benzene rings is 1. The third kappa shape index (κ3) is 1.87. The molecule has 14 heavy (non-hydrogen) atoms. The van der Waals surface area contributed by atoms with Crippen LogP contribution in [0.1, 0.15) is 26.5 Å². The maximum atomic E-state index is 9.23. The Morgan fingerprint density at radius 1 is 1.36 bits per heavy atom. The molecular weight excluding hydrogens is 176 g/mol. The normalized spacial score (nSPS) is 9.64. The third-order valence-corrected chi connectivity index (χ3v) is 1.97. The van der Waals surface area contributed by atoms with Crippen LogP contribution in [0, 0.1) is 0 Å². The summed E-state index contributed by atoms with van der Waals surface area (Å²) in [5, 5.41) is 17.3. The second kappa shape index (κ2) is 4.65. The van der Waals surface area contributed by atoms with E-state index in [0.29, 0.717) is 5.75 Å². The highest BCUT2D eigenvalue weighted by atomic mass is 16.3. The lowest BCUT2D eigenvalue weighted by Crippen LogP contribution is -1.78. The molecule has 0 bridgehead atoms. The number of aromatic nitrogens is 2. The number of hydrogen-bond acceptors (Lipinski definition) is 2. The molecule has 0 saturated carbocycles. The largest absolute Gasteiger partial charge is 0.508 e. The van der Waals surface area contributed by atoms with Gasteiger partial charge in [-0.15, -0.1) is 0 Å². The second-order valence-electron chi connectivity index (χ2n) is 2.76. The van der Waals surface area contributed by atoms with E-state index in [-0.39, 0.29) is 0 Å². The maximum absolute atomic E-state index is 9.23. The Balaban J connectivity index is 0.000000461. The van der Waals surface area contributed by atoms with E-state index in [4.69, 9.17) is 0 Å². The topological polar surface area (TPSA) is 48.9 Å². The molecule has 0 spiro atoms. The molecule has 0 radical (unpaired) electrons. The SMILES string of the molecule is CC.CCc1[nH]nc2ccc(O)cc12. The molecule has 3 nitrogen and oxygen atoms in total. The molecule has 0 saturated heterocycles. The van der Waals surface area contributed by atoms with Crippen molar-refractivity contribution in [3.63, 3.8) is 0 Å². The summed E-state index contributed by atoms with van der Waals surface area (Å²) in [4.78, 5) is 0. The van der Waals surface area contributed by atoms with Gasteiger partial charge in [-0.25, -0.2) is 0 Å². The molecule has 2 rings (SSSR count). The number of fused-ring (bicyclic) bond motifs is 1. The zero-order chi connectivity index (χ0) is 10.6. The van der Waals surface area contributed by atoms with Crippen molar-refractivity contribution in [3.05, 3.63) is 23.9 Å². The van der Waals surface area contributed by atoms with Crippen LogP contribution >= 0.6 is 0 Å². The van der Waals surface area contributed by atoms with Gasteiger partial charge in [-0.1, -0.05) is 20.8 Å². The van der Waals surface area contributed by atoms with E-state index < -0.39 is 0 Å². The summed E-state index contributed by atoms with van der Waals surface area (Å²) in [6.07, 6.45) is 0.903. The molecule has 0 unspecified atom stereocenters. The molecule has 0 aliphatic rings. The van der Waals surface area contributed by atoms with E-state index in [9.17, 15) is 5.11 Å².